The van der Waals surface area contributed by atoms with E-state index in [4.69, 9.17) is 0 Å². The number of rotatable bonds is 7. The number of anilines is 1. The predicted octanol–water partition coefficient (Wildman–Crippen LogP) is 7.21. The van der Waals surface area contributed by atoms with Crippen LogP contribution in [0.5, 0.6) is 5.75 Å². The van der Waals surface area contributed by atoms with Crippen LogP contribution in [0.15, 0.2) is 42.8 Å². The number of benzene rings is 1. The third-order valence-corrected chi connectivity index (χ3v) is 7.30. The Morgan fingerprint density at radius 1 is 0.800 bits per heavy atom. The molecule has 15 nitrogen and oxygen atoms in total. The molecule has 4 aromatic heterocycles. The summed E-state index contributed by atoms with van der Waals surface area (Å²) in [6.07, 6.45) is 0. The highest BCUT2D eigenvalue weighted by Crippen LogP contribution is 2.50. The molecule has 18 heteroatoms. The van der Waals surface area contributed by atoms with Crippen molar-refractivity contribution in [2.24, 2.45) is 30.7 Å². The lowest BCUT2D eigenvalue weighted by Gasteiger charge is -2.18. The van der Waals surface area contributed by atoms with Gasteiger partial charge in [-0.15, -0.1) is 30.7 Å². The summed E-state index contributed by atoms with van der Waals surface area (Å²) in [6.45, 7) is 5.24. The first-order valence-electron chi connectivity index (χ1n) is 11.3. The van der Waals surface area contributed by atoms with Crippen molar-refractivity contribution in [1.82, 2.24) is 28.1 Å². The number of nitriles is 1. The molecule has 40 heavy (non-hydrogen) atoms. The van der Waals surface area contributed by atoms with E-state index < -0.39 is 0 Å². The van der Waals surface area contributed by atoms with E-state index in [-0.39, 0.29) is 17.1 Å². The summed E-state index contributed by atoms with van der Waals surface area (Å²) in [5.74, 6) is 0.847. The zero-order valence-corrected chi connectivity index (χ0v) is 24.0. The van der Waals surface area contributed by atoms with Crippen molar-refractivity contribution in [3.05, 3.63) is 35.0 Å². The van der Waals surface area contributed by atoms with Crippen LogP contribution in [0.2, 0.25) is 0 Å². The molecule has 0 atom stereocenters. The average molecular weight is 591 g/mol. The van der Waals surface area contributed by atoms with Gasteiger partial charge in [-0.25, -0.2) is 15.0 Å². The van der Waals surface area contributed by atoms with E-state index in [0.29, 0.717) is 60.6 Å². The van der Waals surface area contributed by atoms with Crippen molar-refractivity contribution in [1.29, 1.82) is 5.26 Å². The van der Waals surface area contributed by atoms with Crippen molar-refractivity contribution >= 4 is 83.6 Å². The number of hydrogen-bond acceptors (Lipinski definition) is 18. The average Bonchev–Trinajstić information content (AvgIpc) is 3.65. The molecule has 5 aromatic rings. The molecule has 5 rings (SSSR count). The molecule has 1 aromatic carbocycles. The Morgan fingerprint density at radius 2 is 1.45 bits per heavy atom. The zero-order chi connectivity index (χ0) is 28.4. The number of aromatic hydroxyl groups is 1. The molecule has 0 unspecified atom stereocenters. The predicted molar refractivity (Wildman–Crippen MR) is 151 cm³/mol. The molecular formula is C22H18N14OS3. The standard InChI is InChI=1S/C22H18N14OS3/c1-9-12(8-23)6-13-19(24-9)35-38-20(13)30-28-15-7-14(27-31-21-25-10(2)33-39-21)17(36(4)5)16(18(15)37)29-32-22-26-11(3)34-40-22/h6-7,37H,1-5H3. The smallest absolute Gasteiger partial charge is 0.249 e. The van der Waals surface area contributed by atoms with E-state index in [1.807, 2.05) is 0 Å². The SMILES string of the molecule is Cc1nsc(N=Nc2cc(N=Nc3snc4nc(C)c(C#N)cc34)c(O)c(N=Nc3nc(C)ns3)c2N(C)C)n1. The van der Waals surface area contributed by atoms with Crippen molar-refractivity contribution in [3.63, 3.8) is 0 Å². The number of nitrogens with zero attached hydrogens (tertiary/aromatic N) is 14. The molecule has 0 aliphatic heterocycles. The summed E-state index contributed by atoms with van der Waals surface area (Å²) < 4.78 is 12.5. The monoisotopic (exact) mass is 590 g/mol. The van der Waals surface area contributed by atoms with Crippen LogP contribution >= 0.6 is 34.6 Å². The maximum Gasteiger partial charge on any atom is 0.249 e. The van der Waals surface area contributed by atoms with E-state index in [2.05, 4.69) is 64.8 Å². The summed E-state index contributed by atoms with van der Waals surface area (Å²) in [5, 5.41) is 47.9. The van der Waals surface area contributed by atoms with Gasteiger partial charge in [-0.1, -0.05) is 0 Å². The van der Waals surface area contributed by atoms with Gasteiger partial charge in [0, 0.05) is 37.2 Å². The topological polar surface area (TPSA) is 199 Å². The van der Waals surface area contributed by atoms with Crippen molar-refractivity contribution in [2.75, 3.05) is 19.0 Å². The molecule has 0 spiro atoms. The second-order valence-electron chi connectivity index (χ2n) is 8.30. The van der Waals surface area contributed by atoms with Crippen molar-refractivity contribution in [2.45, 2.75) is 20.8 Å². The summed E-state index contributed by atoms with van der Waals surface area (Å²) in [6, 6.07) is 5.30. The lowest BCUT2D eigenvalue weighted by atomic mass is 10.1. The molecule has 0 saturated heterocycles. The van der Waals surface area contributed by atoms with Gasteiger partial charge in [0.25, 0.3) is 0 Å². The fourth-order valence-electron chi connectivity index (χ4n) is 3.39. The number of azo groups is 3. The molecule has 200 valence electrons. The Balaban J connectivity index is 1.64. The van der Waals surface area contributed by atoms with Gasteiger partial charge < -0.3 is 10.0 Å². The first kappa shape index (κ1) is 26.9. The molecule has 0 radical (unpaired) electrons. The van der Waals surface area contributed by atoms with Gasteiger partial charge in [-0.3, -0.25) is 0 Å². The summed E-state index contributed by atoms with van der Waals surface area (Å²) in [7, 11) is 3.53. The zero-order valence-electron chi connectivity index (χ0n) is 21.6. The number of phenolic OH excluding ortho intramolecular Hbond substituents is 1. The largest absolute Gasteiger partial charge is 0.504 e. The number of fused-ring (bicyclic) bond motifs is 1. The molecule has 0 saturated carbocycles. The second kappa shape index (κ2) is 11.2. The van der Waals surface area contributed by atoms with Crippen LogP contribution in [0, 0.1) is 32.1 Å². The lowest BCUT2D eigenvalue weighted by Crippen LogP contribution is -2.09. The fourth-order valence-corrected chi connectivity index (χ4v) is 5.04. The number of hydrogen-bond donors (Lipinski definition) is 1. The quantitative estimate of drug-likeness (QED) is 0.190. The maximum absolute atomic E-state index is 11.2. The number of aryl methyl sites for hydroxylation is 3. The van der Waals surface area contributed by atoms with Gasteiger partial charge in [-0.05, 0) is 44.4 Å². The molecule has 0 aliphatic carbocycles. The molecule has 0 aliphatic rings. The minimum atomic E-state index is -0.288. The molecule has 0 fully saturated rings. The Bertz CT molecular complexity index is 1860. The Kier molecular flexibility index (Phi) is 7.50. The molecule has 0 amide bonds. The van der Waals surface area contributed by atoms with Crippen LogP contribution in [0.25, 0.3) is 11.0 Å². The molecule has 4 heterocycles. The summed E-state index contributed by atoms with van der Waals surface area (Å²) in [4.78, 5) is 14.5. The Hall–Kier alpha value is -4.73. The summed E-state index contributed by atoms with van der Waals surface area (Å²) >= 11 is 3.24. The first-order valence-corrected chi connectivity index (χ1v) is 13.7. The first-order chi connectivity index (χ1) is 19.2. The van der Waals surface area contributed by atoms with Crippen LogP contribution in [-0.2, 0) is 0 Å². The van der Waals surface area contributed by atoms with Gasteiger partial charge in [0.05, 0.1) is 22.3 Å². The number of pyridine rings is 1. The lowest BCUT2D eigenvalue weighted by molar-refractivity contribution is 0.477. The number of aromatic nitrogens is 6. The fraction of sp³-hybridized carbons (Fsp3) is 0.227. The van der Waals surface area contributed by atoms with Crippen LogP contribution < -0.4 is 4.90 Å². The Morgan fingerprint density at radius 3 is 2.05 bits per heavy atom. The molecule has 1 N–H and O–H groups in total. The van der Waals surface area contributed by atoms with Crippen LogP contribution in [0.3, 0.4) is 0 Å². The van der Waals surface area contributed by atoms with Gasteiger partial charge in [0.2, 0.25) is 10.3 Å². The minimum absolute atomic E-state index is 0.0533. The van der Waals surface area contributed by atoms with Gasteiger partial charge >= 0.3 is 0 Å². The van der Waals surface area contributed by atoms with E-state index >= 15 is 0 Å². The van der Waals surface area contributed by atoms with Crippen LogP contribution in [0.1, 0.15) is 22.9 Å². The summed E-state index contributed by atoms with van der Waals surface area (Å²) in [5.41, 5.74) is 2.31. The van der Waals surface area contributed by atoms with E-state index in [9.17, 15) is 10.4 Å². The normalized spacial score (nSPS) is 11.9. The van der Waals surface area contributed by atoms with Crippen LogP contribution in [-0.4, -0.2) is 47.3 Å². The van der Waals surface area contributed by atoms with E-state index in [0.717, 1.165) is 34.6 Å². The maximum atomic E-state index is 11.2. The van der Waals surface area contributed by atoms with Crippen molar-refractivity contribution in [3.8, 4) is 11.8 Å². The highest BCUT2D eigenvalue weighted by Gasteiger charge is 2.21. The molecule has 0 bridgehead atoms. The van der Waals surface area contributed by atoms with Crippen LogP contribution in [0.4, 0.5) is 38.0 Å². The van der Waals surface area contributed by atoms with Crippen molar-refractivity contribution < 1.29 is 5.11 Å². The van der Waals surface area contributed by atoms with E-state index in [1.165, 1.54) is 6.07 Å². The number of phenols is 1. The third kappa shape index (κ3) is 5.51. The second-order valence-corrected chi connectivity index (χ2v) is 10.5. The van der Waals surface area contributed by atoms with Gasteiger partial charge in [0.15, 0.2) is 22.1 Å². The third-order valence-electron chi connectivity index (χ3n) is 5.18. The Labute approximate surface area is 238 Å². The van der Waals surface area contributed by atoms with E-state index in [1.54, 1.807) is 45.8 Å². The minimum Gasteiger partial charge on any atom is -0.504 e. The highest BCUT2D eigenvalue weighted by atomic mass is 32.1. The van der Waals surface area contributed by atoms with Gasteiger partial charge in [0.1, 0.15) is 29.1 Å². The highest BCUT2D eigenvalue weighted by molar-refractivity contribution is 7.11. The van der Waals surface area contributed by atoms with Gasteiger partial charge in [-0.2, -0.15) is 18.4 Å². The molecular weight excluding hydrogens is 573 g/mol.